The number of amides is 1. The molecule has 1 aromatic rings. The second-order valence-electron chi connectivity index (χ2n) is 5.85. The molecular weight excluding hydrogens is 393 g/mol. The number of para-hydroxylation sites is 1. The fourth-order valence-corrected chi connectivity index (χ4v) is 3.42. The van der Waals surface area contributed by atoms with Crippen molar-refractivity contribution < 1.29 is 27.9 Å². The van der Waals surface area contributed by atoms with Crippen LogP contribution in [-0.4, -0.2) is 53.9 Å². The van der Waals surface area contributed by atoms with Crippen molar-refractivity contribution in [3.63, 3.8) is 0 Å². The van der Waals surface area contributed by atoms with Crippen LogP contribution in [0.1, 0.15) is 6.42 Å². The highest BCUT2D eigenvalue weighted by atomic mass is 35.5. The molecule has 10 heteroatoms. The van der Waals surface area contributed by atoms with Crippen molar-refractivity contribution in [2.45, 2.75) is 17.5 Å². The van der Waals surface area contributed by atoms with E-state index in [0.717, 1.165) is 4.90 Å². The van der Waals surface area contributed by atoms with Crippen LogP contribution in [-0.2, 0) is 9.59 Å². The highest BCUT2D eigenvalue weighted by Crippen LogP contribution is 2.37. The monoisotopic (exact) mass is 412 g/mol. The highest BCUT2D eigenvalue weighted by molar-refractivity contribution is 7.98. The summed E-state index contributed by atoms with van der Waals surface area (Å²) in [6.07, 6.45) is -2.68. The molecule has 0 unspecified atom stereocenters. The van der Waals surface area contributed by atoms with Gasteiger partial charge in [-0.05, 0) is 18.4 Å². The predicted molar refractivity (Wildman–Crippen MR) is 95.8 cm³/mol. The zero-order valence-corrected chi connectivity index (χ0v) is 15.6. The molecule has 1 aliphatic heterocycles. The number of hydrogen-bond acceptors (Lipinski definition) is 4. The largest absolute Gasteiger partial charge is 0.481 e. The van der Waals surface area contributed by atoms with E-state index in [-0.39, 0.29) is 37.8 Å². The third kappa shape index (κ3) is 5.78. The van der Waals surface area contributed by atoms with E-state index >= 15 is 0 Å². The minimum absolute atomic E-state index is 0. The first kappa shape index (κ1) is 22.6. The third-order valence-electron chi connectivity index (χ3n) is 4.17. The number of likely N-dealkylation sites (tertiary alicyclic amines) is 1. The molecule has 2 atom stereocenters. The van der Waals surface area contributed by atoms with Gasteiger partial charge in [0.15, 0.2) is 0 Å². The number of nitrogens with zero attached hydrogens (tertiary/aromatic N) is 1. The van der Waals surface area contributed by atoms with Gasteiger partial charge in [0.05, 0.1) is 17.5 Å². The van der Waals surface area contributed by atoms with E-state index in [9.17, 15) is 22.8 Å². The molecule has 0 radical (unpaired) electrons. The number of carboxylic acids is 1. The summed E-state index contributed by atoms with van der Waals surface area (Å²) in [5, 5.41) is 11.7. The lowest BCUT2D eigenvalue weighted by molar-refractivity contribution is -0.188. The molecule has 5 nitrogen and oxygen atoms in total. The molecule has 146 valence electrons. The molecule has 26 heavy (non-hydrogen) atoms. The van der Waals surface area contributed by atoms with E-state index in [4.69, 9.17) is 5.11 Å². The van der Waals surface area contributed by atoms with Crippen LogP contribution in [0.5, 0.6) is 0 Å². The summed E-state index contributed by atoms with van der Waals surface area (Å²) in [5.74, 6) is -5.16. The van der Waals surface area contributed by atoms with Crippen molar-refractivity contribution >= 4 is 41.7 Å². The fraction of sp³-hybridized carbons (Fsp3) is 0.500. The van der Waals surface area contributed by atoms with Crippen molar-refractivity contribution in [3.8, 4) is 0 Å². The number of nitrogens with one attached hydrogen (secondary N) is 1. The van der Waals surface area contributed by atoms with Crippen LogP contribution in [0.3, 0.4) is 0 Å². The molecule has 0 saturated carbocycles. The van der Waals surface area contributed by atoms with Crippen LogP contribution in [0.15, 0.2) is 29.2 Å². The number of aliphatic carboxylic acids is 1. The topological polar surface area (TPSA) is 69.6 Å². The molecule has 1 aliphatic rings. The summed E-state index contributed by atoms with van der Waals surface area (Å²) in [6, 6.07) is 7.22. The SMILES string of the molecule is CSc1ccccc1NC(=O)CCN1C[C@@H](C(F)(F)F)[C@H](C(=O)O)C1.Cl. The molecule has 1 aromatic carbocycles. The number of anilines is 1. The van der Waals surface area contributed by atoms with Gasteiger partial charge in [0.25, 0.3) is 0 Å². The second kappa shape index (κ2) is 9.48. The summed E-state index contributed by atoms with van der Waals surface area (Å²) in [5.41, 5.74) is 0.651. The molecule has 2 N–H and O–H groups in total. The normalized spacial score (nSPS) is 20.5. The van der Waals surface area contributed by atoms with Crippen molar-refractivity contribution in [3.05, 3.63) is 24.3 Å². The maximum Gasteiger partial charge on any atom is 0.393 e. The standard InChI is InChI=1S/C16H19F3N2O3S.ClH/c1-25-13-5-3-2-4-12(13)20-14(22)6-7-21-8-10(15(23)24)11(9-21)16(17,18)19;/h2-5,10-11H,6-9H2,1H3,(H,20,22)(H,23,24);1H/t10-,11-;/m1./s1. The fourth-order valence-electron chi connectivity index (χ4n) is 2.87. The van der Waals surface area contributed by atoms with Crippen LogP contribution in [0.25, 0.3) is 0 Å². The van der Waals surface area contributed by atoms with Crippen molar-refractivity contribution in [2.75, 3.05) is 31.2 Å². The maximum atomic E-state index is 12.9. The van der Waals surface area contributed by atoms with E-state index in [1.54, 1.807) is 12.1 Å². The molecule has 0 spiro atoms. The molecule has 0 aromatic heterocycles. The van der Waals surface area contributed by atoms with Gasteiger partial charge in [-0.3, -0.25) is 9.59 Å². The summed E-state index contributed by atoms with van der Waals surface area (Å²) in [4.78, 5) is 25.4. The van der Waals surface area contributed by atoms with Gasteiger partial charge in [-0.1, -0.05) is 12.1 Å². The van der Waals surface area contributed by atoms with Crippen LogP contribution in [0, 0.1) is 11.8 Å². The first-order valence-electron chi connectivity index (χ1n) is 7.67. The van der Waals surface area contributed by atoms with Gasteiger partial charge in [-0.2, -0.15) is 13.2 Å². The van der Waals surface area contributed by atoms with Crippen LogP contribution < -0.4 is 5.32 Å². The lowest BCUT2D eigenvalue weighted by Gasteiger charge is -2.18. The average Bonchev–Trinajstić information content (AvgIpc) is 2.98. The molecular formula is C16H20ClF3N2O3S. The second-order valence-corrected chi connectivity index (χ2v) is 6.70. The summed E-state index contributed by atoms with van der Waals surface area (Å²) >= 11 is 1.47. The Balaban J connectivity index is 0.00000338. The summed E-state index contributed by atoms with van der Waals surface area (Å²) in [6.45, 7) is -0.507. The summed E-state index contributed by atoms with van der Waals surface area (Å²) in [7, 11) is 0. The molecule has 1 saturated heterocycles. The molecule has 0 bridgehead atoms. The lowest BCUT2D eigenvalue weighted by atomic mass is 9.96. The van der Waals surface area contributed by atoms with Gasteiger partial charge < -0.3 is 15.3 Å². The highest BCUT2D eigenvalue weighted by Gasteiger charge is 2.52. The molecule has 0 aliphatic carbocycles. The van der Waals surface area contributed by atoms with E-state index in [0.29, 0.717) is 5.69 Å². The zero-order valence-electron chi connectivity index (χ0n) is 14.0. The van der Waals surface area contributed by atoms with Gasteiger partial charge in [0.2, 0.25) is 5.91 Å². The predicted octanol–water partition coefficient (Wildman–Crippen LogP) is 3.35. The smallest absolute Gasteiger partial charge is 0.393 e. The summed E-state index contributed by atoms with van der Waals surface area (Å²) < 4.78 is 38.8. The van der Waals surface area contributed by atoms with Crippen LogP contribution in [0.2, 0.25) is 0 Å². The number of carbonyl (C=O) groups excluding carboxylic acids is 1. The Morgan fingerprint density at radius 2 is 1.96 bits per heavy atom. The quantitative estimate of drug-likeness (QED) is 0.701. The van der Waals surface area contributed by atoms with Gasteiger partial charge in [0, 0.05) is 31.0 Å². The zero-order chi connectivity index (χ0) is 18.6. The molecule has 2 rings (SSSR count). The average molecular weight is 413 g/mol. The Morgan fingerprint density at radius 1 is 1.31 bits per heavy atom. The maximum absolute atomic E-state index is 12.9. The first-order chi connectivity index (χ1) is 11.7. The number of benzene rings is 1. The van der Waals surface area contributed by atoms with Crippen LogP contribution >= 0.6 is 24.2 Å². The third-order valence-corrected chi connectivity index (χ3v) is 4.97. The van der Waals surface area contributed by atoms with Gasteiger partial charge in [-0.25, -0.2) is 0 Å². The minimum Gasteiger partial charge on any atom is -0.481 e. The van der Waals surface area contributed by atoms with E-state index in [1.165, 1.54) is 16.7 Å². The number of rotatable bonds is 6. The lowest BCUT2D eigenvalue weighted by Crippen LogP contribution is -2.33. The Kier molecular flexibility index (Phi) is 8.23. The van der Waals surface area contributed by atoms with Gasteiger partial charge >= 0.3 is 12.1 Å². The van der Waals surface area contributed by atoms with Gasteiger partial charge in [-0.15, -0.1) is 24.2 Å². The molecule has 1 fully saturated rings. The molecule has 1 amide bonds. The van der Waals surface area contributed by atoms with Crippen molar-refractivity contribution in [2.24, 2.45) is 11.8 Å². The number of carboxylic acid groups (broad SMARTS) is 1. The number of thioether (sulfide) groups is 1. The van der Waals surface area contributed by atoms with E-state index in [1.807, 2.05) is 18.4 Å². The van der Waals surface area contributed by atoms with Crippen molar-refractivity contribution in [1.82, 2.24) is 4.90 Å². The van der Waals surface area contributed by atoms with Gasteiger partial charge in [0.1, 0.15) is 0 Å². The Labute approximate surface area is 159 Å². The number of carbonyl (C=O) groups is 2. The van der Waals surface area contributed by atoms with E-state index < -0.39 is 30.5 Å². The van der Waals surface area contributed by atoms with Crippen LogP contribution in [0.4, 0.5) is 18.9 Å². The number of hydrogen-bond donors (Lipinski definition) is 2. The van der Waals surface area contributed by atoms with Crippen molar-refractivity contribution in [1.29, 1.82) is 0 Å². The Morgan fingerprint density at radius 3 is 2.50 bits per heavy atom. The molecule has 1 heterocycles. The van der Waals surface area contributed by atoms with E-state index in [2.05, 4.69) is 5.32 Å². The Bertz CT molecular complexity index is 645. The number of halogens is 4. The number of alkyl halides is 3. The minimum atomic E-state index is -4.56. The first-order valence-corrected chi connectivity index (χ1v) is 8.89. The Hall–Kier alpha value is -1.45.